The molecule has 1 N–H and O–H groups in total. The summed E-state index contributed by atoms with van der Waals surface area (Å²) in [5.74, 6) is 0. The second-order valence-corrected chi connectivity index (χ2v) is 6.42. The van der Waals surface area contributed by atoms with Crippen LogP contribution in [-0.4, -0.2) is 12.6 Å². The van der Waals surface area contributed by atoms with Crippen molar-refractivity contribution in [3.8, 4) is 0 Å². The molecular weight excluding hydrogens is 286 g/mol. The second-order valence-electron chi connectivity index (χ2n) is 5.57. The van der Waals surface area contributed by atoms with Crippen molar-refractivity contribution in [2.75, 3.05) is 6.54 Å². The second kappa shape index (κ2) is 6.72. The molecule has 1 saturated carbocycles. The molecule has 0 spiro atoms. The van der Waals surface area contributed by atoms with E-state index >= 15 is 0 Å². The Hall–Kier alpha value is -0.340. The number of benzene rings is 1. The first kappa shape index (κ1) is 14.1. The zero-order chi connectivity index (χ0) is 13.0. The van der Waals surface area contributed by atoms with Crippen LogP contribution in [0.5, 0.6) is 0 Å². The van der Waals surface area contributed by atoms with E-state index < -0.39 is 0 Å². The van der Waals surface area contributed by atoms with Gasteiger partial charge in [-0.15, -0.1) is 0 Å². The number of hydrogen-bond acceptors (Lipinski definition) is 1. The molecule has 2 rings (SSSR count). The molecule has 1 aromatic carbocycles. The van der Waals surface area contributed by atoms with Gasteiger partial charge in [-0.3, -0.25) is 0 Å². The molecule has 0 aliphatic heterocycles. The first-order valence-corrected chi connectivity index (χ1v) is 7.95. The van der Waals surface area contributed by atoms with Gasteiger partial charge in [0.15, 0.2) is 0 Å². The monoisotopic (exact) mass is 309 g/mol. The van der Waals surface area contributed by atoms with Crippen LogP contribution in [0.4, 0.5) is 0 Å². The first-order valence-electron chi connectivity index (χ1n) is 7.16. The fraction of sp³-hybridized carbons (Fsp3) is 0.625. The highest BCUT2D eigenvalue weighted by Gasteiger charge is 2.19. The molecule has 0 saturated heterocycles. The molecule has 1 aromatic rings. The van der Waals surface area contributed by atoms with Crippen LogP contribution in [0, 0.1) is 13.8 Å². The summed E-state index contributed by atoms with van der Waals surface area (Å²) in [5, 5.41) is 3.58. The molecule has 0 radical (unpaired) electrons. The Bertz CT molecular complexity index is 396. The molecule has 1 aliphatic rings. The van der Waals surface area contributed by atoms with E-state index in [1.165, 1.54) is 66.2 Å². The molecule has 0 atom stereocenters. The Balaban J connectivity index is 1.67. The van der Waals surface area contributed by atoms with E-state index in [0.717, 1.165) is 6.04 Å². The fourth-order valence-corrected chi connectivity index (χ4v) is 2.78. The third-order valence-electron chi connectivity index (χ3n) is 3.75. The van der Waals surface area contributed by atoms with E-state index in [9.17, 15) is 0 Å². The lowest BCUT2D eigenvalue weighted by atomic mass is 10.00. The molecule has 0 aromatic heterocycles. The van der Waals surface area contributed by atoms with E-state index in [1.807, 2.05) is 0 Å². The normalized spacial score (nSPS) is 15.1. The fourth-order valence-electron chi connectivity index (χ4n) is 2.32. The average Bonchev–Trinajstić information content (AvgIpc) is 3.13. The van der Waals surface area contributed by atoms with Crippen LogP contribution >= 0.6 is 15.9 Å². The summed E-state index contributed by atoms with van der Waals surface area (Å²) in [4.78, 5) is 0. The van der Waals surface area contributed by atoms with Gasteiger partial charge in [-0.1, -0.05) is 28.4 Å². The van der Waals surface area contributed by atoms with E-state index in [1.54, 1.807) is 0 Å². The third-order valence-corrected chi connectivity index (χ3v) is 4.60. The maximum Gasteiger partial charge on any atom is 0.0207 e. The van der Waals surface area contributed by atoms with Gasteiger partial charge in [0.1, 0.15) is 0 Å². The number of halogens is 1. The molecule has 18 heavy (non-hydrogen) atoms. The van der Waals surface area contributed by atoms with Crippen LogP contribution in [-0.2, 0) is 6.42 Å². The quantitative estimate of drug-likeness (QED) is 0.730. The Kier molecular flexibility index (Phi) is 5.25. The summed E-state index contributed by atoms with van der Waals surface area (Å²) in [7, 11) is 0. The zero-order valence-corrected chi connectivity index (χ0v) is 13.1. The molecule has 100 valence electrons. The average molecular weight is 310 g/mol. The highest BCUT2D eigenvalue weighted by Crippen LogP contribution is 2.22. The van der Waals surface area contributed by atoms with Gasteiger partial charge in [-0.25, -0.2) is 0 Å². The molecule has 0 unspecified atom stereocenters. The molecule has 2 heteroatoms. The number of nitrogens with one attached hydrogen (secondary N) is 1. The Morgan fingerprint density at radius 2 is 1.89 bits per heavy atom. The molecular formula is C16H24BrN. The minimum absolute atomic E-state index is 0.862. The van der Waals surface area contributed by atoms with Crippen molar-refractivity contribution in [2.24, 2.45) is 0 Å². The van der Waals surface area contributed by atoms with Crippen molar-refractivity contribution in [1.82, 2.24) is 5.32 Å². The van der Waals surface area contributed by atoms with E-state index in [-0.39, 0.29) is 0 Å². The smallest absolute Gasteiger partial charge is 0.0207 e. The molecule has 1 nitrogen and oxygen atoms in total. The summed E-state index contributed by atoms with van der Waals surface area (Å²) in [6, 6.07) is 5.45. The number of unbranched alkanes of at least 4 members (excludes halogenated alkanes) is 2. The summed E-state index contributed by atoms with van der Waals surface area (Å²) < 4.78 is 1.23. The molecule has 1 fully saturated rings. The van der Waals surface area contributed by atoms with Crippen molar-refractivity contribution in [1.29, 1.82) is 0 Å². The number of rotatable bonds is 7. The van der Waals surface area contributed by atoms with Crippen molar-refractivity contribution < 1.29 is 0 Å². The minimum Gasteiger partial charge on any atom is -0.314 e. The molecule has 1 aliphatic carbocycles. The van der Waals surface area contributed by atoms with Gasteiger partial charge >= 0.3 is 0 Å². The largest absolute Gasteiger partial charge is 0.314 e. The third kappa shape index (κ3) is 4.40. The number of hydrogen-bond donors (Lipinski definition) is 1. The minimum atomic E-state index is 0.862. The van der Waals surface area contributed by atoms with Crippen LogP contribution in [0.2, 0.25) is 0 Å². The summed E-state index contributed by atoms with van der Waals surface area (Å²) in [5.41, 5.74) is 4.29. The first-order chi connectivity index (χ1) is 8.66. The Morgan fingerprint density at radius 1 is 1.11 bits per heavy atom. The lowest BCUT2D eigenvalue weighted by Crippen LogP contribution is -2.17. The molecule has 0 amide bonds. The van der Waals surface area contributed by atoms with Crippen molar-refractivity contribution in [3.05, 3.63) is 33.3 Å². The predicted molar refractivity (Wildman–Crippen MR) is 82.2 cm³/mol. The van der Waals surface area contributed by atoms with Crippen LogP contribution < -0.4 is 5.32 Å². The van der Waals surface area contributed by atoms with Gasteiger partial charge in [-0.2, -0.15) is 0 Å². The van der Waals surface area contributed by atoms with Crippen LogP contribution in [0.1, 0.15) is 48.8 Å². The number of aryl methyl sites for hydroxylation is 3. The maximum atomic E-state index is 3.59. The lowest BCUT2D eigenvalue weighted by molar-refractivity contribution is 0.600. The van der Waals surface area contributed by atoms with Crippen molar-refractivity contribution >= 4 is 15.9 Å². The van der Waals surface area contributed by atoms with Gasteiger partial charge in [0, 0.05) is 10.5 Å². The van der Waals surface area contributed by atoms with Gasteiger partial charge in [-0.05, 0) is 75.3 Å². The van der Waals surface area contributed by atoms with Crippen molar-refractivity contribution in [3.63, 3.8) is 0 Å². The topological polar surface area (TPSA) is 12.0 Å². The lowest BCUT2D eigenvalue weighted by Gasteiger charge is -2.09. The predicted octanol–water partition coefficient (Wildman–Crippen LogP) is 4.53. The summed E-state index contributed by atoms with van der Waals surface area (Å²) in [6.45, 7) is 5.60. The highest BCUT2D eigenvalue weighted by molar-refractivity contribution is 9.10. The maximum absolute atomic E-state index is 3.59. The van der Waals surface area contributed by atoms with Gasteiger partial charge in [0.2, 0.25) is 0 Å². The standard InChI is InChI=1S/C16H24BrN/c1-12-11-16(17)13(2)10-14(12)6-4-3-5-9-18-15-7-8-15/h10-11,15,18H,3-9H2,1-2H3. The van der Waals surface area contributed by atoms with E-state index in [0.29, 0.717) is 0 Å². The van der Waals surface area contributed by atoms with Gasteiger partial charge < -0.3 is 5.32 Å². The van der Waals surface area contributed by atoms with Crippen LogP contribution in [0.25, 0.3) is 0 Å². The molecule has 0 bridgehead atoms. The molecule has 0 heterocycles. The Labute approximate surface area is 119 Å². The van der Waals surface area contributed by atoms with Gasteiger partial charge in [0.05, 0.1) is 0 Å². The Morgan fingerprint density at radius 3 is 2.61 bits per heavy atom. The van der Waals surface area contributed by atoms with Crippen LogP contribution in [0.3, 0.4) is 0 Å². The summed E-state index contributed by atoms with van der Waals surface area (Å²) >= 11 is 3.59. The van der Waals surface area contributed by atoms with E-state index in [4.69, 9.17) is 0 Å². The SMILES string of the molecule is Cc1cc(CCCCCNC2CC2)c(C)cc1Br. The van der Waals surface area contributed by atoms with Crippen molar-refractivity contribution in [2.45, 2.75) is 58.4 Å². The summed E-state index contributed by atoms with van der Waals surface area (Å²) in [6.07, 6.45) is 8.01. The van der Waals surface area contributed by atoms with E-state index in [2.05, 4.69) is 47.2 Å². The zero-order valence-electron chi connectivity index (χ0n) is 11.6. The van der Waals surface area contributed by atoms with Crippen LogP contribution in [0.15, 0.2) is 16.6 Å². The van der Waals surface area contributed by atoms with Gasteiger partial charge in [0.25, 0.3) is 0 Å². The highest BCUT2D eigenvalue weighted by atomic mass is 79.9.